The second kappa shape index (κ2) is 5.80. The number of aryl methyl sites for hydroxylation is 1. The van der Waals surface area contributed by atoms with Crippen LogP contribution in [0.15, 0.2) is 4.47 Å². The predicted octanol–water partition coefficient (Wildman–Crippen LogP) is 1.62. The van der Waals surface area contributed by atoms with Crippen molar-refractivity contribution >= 4 is 15.9 Å². The number of halogens is 1. The minimum Gasteiger partial charge on any atom is -0.390 e. The van der Waals surface area contributed by atoms with Crippen LogP contribution in [0.4, 0.5) is 0 Å². The van der Waals surface area contributed by atoms with Gasteiger partial charge in [0.05, 0.1) is 22.8 Å². The molecule has 16 heavy (non-hydrogen) atoms. The molecule has 1 heterocycles. The molecule has 5 heteroatoms. The molecule has 1 aromatic rings. The highest BCUT2D eigenvalue weighted by Crippen LogP contribution is 2.19. The van der Waals surface area contributed by atoms with E-state index in [9.17, 15) is 5.11 Å². The van der Waals surface area contributed by atoms with Gasteiger partial charge in [-0.3, -0.25) is 4.68 Å². The van der Waals surface area contributed by atoms with Crippen molar-refractivity contribution in [1.29, 1.82) is 0 Å². The van der Waals surface area contributed by atoms with Crippen LogP contribution in [0.5, 0.6) is 0 Å². The third kappa shape index (κ3) is 3.57. The first-order valence-corrected chi connectivity index (χ1v) is 6.32. The summed E-state index contributed by atoms with van der Waals surface area (Å²) in [5.74, 6) is 0. The molecule has 0 radical (unpaired) electrons. The third-order valence-corrected chi connectivity index (χ3v) is 3.59. The Kier molecular flexibility index (Phi) is 4.95. The van der Waals surface area contributed by atoms with E-state index in [1.54, 1.807) is 0 Å². The van der Waals surface area contributed by atoms with Gasteiger partial charge in [-0.25, -0.2) is 0 Å². The average Bonchev–Trinajstić information content (AvgIpc) is 2.43. The van der Waals surface area contributed by atoms with Crippen LogP contribution in [-0.2, 0) is 6.54 Å². The molecule has 0 aliphatic heterocycles. The van der Waals surface area contributed by atoms with E-state index in [4.69, 9.17) is 0 Å². The van der Waals surface area contributed by atoms with E-state index >= 15 is 0 Å². The Morgan fingerprint density at radius 3 is 2.50 bits per heavy atom. The van der Waals surface area contributed by atoms with Crippen LogP contribution in [0.25, 0.3) is 0 Å². The van der Waals surface area contributed by atoms with Crippen LogP contribution < -0.4 is 5.32 Å². The van der Waals surface area contributed by atoms with Crippen molar-refractivity contribution in [3.63, 3.8) is 0 Å². The van der Waals surface area contributed by atoms with E-state index in [0.717, 1.165) is 15.9 Å². The number of hydrogen-bond donors (Lipinski definition) is 2. The van der Waals surface area contributed by atoms with Gasteiger partial charge in [-0.05, 0) is 29.8 Å². The second-order valence-corrected chi connectivity index (χ2v) is 5.18. The summed E-state index contributed by atoms with van der Waals surface area (Å²) in [6.07, 6.45) is -0.410. The zero-order chi connectivity index (χ0) is 12.3. The Balaban J connectivity index is 2.56. The van der Waals surface area contributed by atoms with Gasteiger partial charge in [0.1, 0.15) is 0 Å². The molecule has 0 saturated heterocycles. The lowest BCUT2D eigenvalue weighted by molar-refractivity contribution is 0.143. The molecular weight excluding hydrogens is 270 g/mol. The Morgan fingerprint density at radius 1 is 1.44 bits per heavy atom. The van der Waals surface area contributed by atoms with Crippen LogP contribution in [0.1, 0.15) is 25.2 Å². The lowest BCUT2D eigenvalue weighted by Gasteiger charge is -2.14. The number of rotatable bonds is 5. The molecule has 2 N–H and O–H groups in total. The fourth-order valence-electron chi connectivity index (χ4n) is 1.49. The van der Waals surface area contributed by atoms with Gasteiger partial charge in [-0.2, -0.15) is 5.10 Å². The summed E-state index contributed by atoms with van der Waals surface area (Å²) in [6.45, 7) is 9.18. The van der Waals surface area contributed by atoms with Gasteiger partial charge in [-0.15, -0.1) is 0 Å². The van der Waals surface area contributed by atoms with Crippen LogP contribution in [-0.4, -0.2) is 33.6 Å². The van der Waals surface area contributed by atoms with Crippen molar-refractivity contribution < 1.29 is 5.11 Å². The number of aliphatic hydroxyl groups excluding tert-OH is 1. The van der Waals surface area contributed by atoms with E-state index in [1.807, 2.05) is 18.5 Å². The topological polar surface area (TPSA) is 50.1 Å². The Hall–Kier alpha value is -0.390. The van der Waals surface area contributed by atoms with Crippen LogP contribution in [0.3, 0.4) is 0 Å². The number of nitrogens with one attached hydrogen (secondary N) is 1. The first-order chi connectivity index (χ1) is 7.41. The van der Waals surface area contributed by atoms with Gasteiger partial charge in [-0.1, -0.05) is 13.8 Å². The van der Waals surface area contributed by atoms with Crippen molar-refractivity contribution in [3.8, 4) is 0 Å². The van der Waals surface area contributed by atoms with Crippen molar-refractivity contribution in [2.45, 2.75) is 46.4 Å². The fraction of sp³-hybridized carbons (Fsp3) is 0.727. The number of hydrogen-bond acceptors (Lipinski definition) is 3. The van der Waals surface area contributed by atoms with Crippen molar-refractivity contribution in [3.05, 3.63) is 15.9 Å². The highest BCUT2D eigenvalue weighted by Gasteiger charge is 2.12. The van der Waals surface area contributed by atoms with E-state index in [0.29, 0.717) is 19.1 Å². The molecule has 0 aliphatic carbocycles. The molecule has 1 rings (SSSR count). The largest absolute Gasteiger partial charge is 0.390 e. The zero-order valence-electron chi connectivity index (χ0n) is 10.3. The van der Waals surface area contributed by atoms with Gasteiger partial charge in [0.15, 0.2) is 0 Å². The first kappa shape index (κ1) is 13.7. The lowest BCUT2D eigenvalue weighted by Crippen LogP contribution is -2.34. The number of aromatic nitrogens is 2. The zero-order valence-corrected chi connectivity index (χ0v) is 11.9. The second-order valence-electron chi connectivity index (χ2n) is 4.38. The van der Waals surface area contributed by atoms with E-state index < -0.39 is 6.10 Å². The highest BCUT2D eigenvalue weighted by atomic mass is 79.9. The summed E-state index contributed by atoms with van der Waals surface area (Å²) >= 11 is 3.47. The SMILES string of the molecule is Cc1nn(CC(O)CNC(C)C)c(C)c1Br. The molecule has 0 aliphatic rings. The van der Waals surface area contributed by atoms with Crippen molar-refractivity contribution in [2.24, 2.45) is 0 Å². The summed E-state index contributed by atoms with van der Waals surface area (Å²) in [4.78, 5) is 0. The molecule has 0 saturated carbocycles. The molecule has 0 fully saturated rings. The van der Waals surface area contributed by atoms with Gasteiger partial charge in [0.25, 0.3) is 0 Å². The van der Waals surface area contributed by atoms with Crippen LogP contribution in [0, 0.1) is 13.8 Å². The minimum absolute atomic E-state index is 0.391. The Bertz CT molecular complexity index is 349. The highest BCUT2D eigenvalue weighted by molar-refractivity contribution is 9.10. The predicted molar refractivity (Wildman–Crippen MR) is 68.5 cm³/mol. The van der Waals surface area contributed by atoms with E-state index in [2.05, 4.69) is 40.2 Å². The fourth-order valence-corrected chi connectivity index (χ4v) is 1.77. The molecule has 1 aromatic heterocycles. The molecule has 0 bridgehead atoms. The quantitative estimate of drug-likeness (QED) is 0.866. The molecule has 0 amide bonds. The minimum atomic E-state index is -0.410. The summed E-state index contributed by atoms with van der Waals surface area (Å²) in [7, 11) is 0. The third-order valence-electron chi connectivity index (χ3n) is 2.44. The van der Waals surface area contributed by atoms with Gasteiger partial charge >= 0.3 is 0 Å². The molecular formula is C11H20BrN3O. The maximum atomic E-state index is 9.84. The molecule has 1 atom stereocenters. The average molecular weight is 290 g/mol. The monoisotopic (exact) mass is 289 g/mol. The summed E-state index contributed by atoms with van der Waals surface area (Å²) in [6, 6.07) is 0.391. The maximum absolute atomic E-state index is 9.84. The molecule has 0 aromatic carbocycles. The number of aliphatic hydroxyl groups is 1. The van der Waals surface area contributed by atoms with Crippen molar-refractivity contribution in [1.82, 2.24) is 15.1 Å². The number of nitrogens with zero attached hydrogens (tertiary/aromatic N) is 2. The Labute approximate surface area is 105 Å². The maximum Gasteiger partial charge on any atom is 0.0860 e. The first-order valence-electron chi connectivity index (χ1n) is 5.52. The van der Waals surface area contributed by atoms with Gasteiger partial charge < -0.3 is 10.4 Å². The summed E-state index contributed by atoms with van der Waals surface area (Å²) in [5, 5.41) is 17.4. The lowest BCUT2D eigenvalue weighted by atomic mass is 10.3. The molecule has 1 unspecified atom stereocenters. The Morgan fingerprint density at radius 2 is 2.06 bits per heavy atom. The molecule has 4 nitrogen and oxygen atoms in total. The smallest absolute Gasteiger partial charge is 0.0860 e. The standard InChI is InChI=1S/C11H20BrN3O/c1-7(2)13-5-10(16)6-15-9(4)11(12)8(3)14-15/h7,10,13,16H,5-6H2,1-4H3. The van der Waals surface area contributed by atoms with E-state index in [-0.39, 0.29) is 0 Å². The van der Waals surface area contributed by atoms with Gasteiger partial charge in [0.2, 0.25) is 0 Å². The summed E-state index contributed by atoms with van der Waals surface area (Å²) < 4.78 is 2.86. The van der Waals surface area contributed by atoms with Crippen molar-refractivity contribution in [2.75, 3.05) is 6.54 Å². The molecule has 0 spiro atoms. The van der Waals surface area contributed by atoms with E-state index in [1.165, 1.54) is 0 Å². The molecule has 92 valence electrons. The summed E-state index contributed by atoms with van der Waals surface area (Å²) in [5.41, 5.74) is 2.02. The van der Waals surface area contributed by atoms with Gasteiger partial charge in [0, 0.05) is 18.3 Å². The van der Waals surface area contributed by atoms with Crippen LogP contribution >= 0.6 is 15.9 Å². The van der Waals surface area contributed by atoms with Crippen LogP contribution in [0.2, 0.25) is 0 Å². The normalized spacial score (nSPS) is 13.4.